The molecule has 1 unspecified atom stereocenters. The zero-order valence-electron chi connectivity index (χ0n) is 19.3. The van der Waals surface area contributed by atoms with Gasteiger partial charge in [0.1, 0.15) is 5.82 Å². The van der Waals surface area contributed by atoms with Crippen LogP contribution in [0, 0.1) is 0 Å². The molecular formula is C25H29ClN6O. The molecule has 0 radical (unpaired) electrons. The number of nitrogens with zero attached hydrogens (tertiary/aromatic N) is 5. The number of rotatable bonds is 6. The lowest BCUT2D eigenvalue weighted by atomic mass is 10.0. The second kappa shape index (κ2) is 8.47. The van der Waals surface area contributed by atoms with Gasteiger partial charge in [-0.1, -0.05) is 18.5 Å². The van der Waals surface area contributed by atoms with Gasteiger partial charge >= 0.3 is 0 Å². The number of amides is 1. The first-order valence-electron chi connectivity index (χ1n) is 11.5. The number of fused-ring (bicyclic) bond motifs is 1. The third kappa shape index (κ3) is 4.35. The lowest BCUT2D eigenvalue weighted by Gasteiger charge is -2.29. The summed E-state index contributed by atoms with van der Waals surface area (Å²) >= 11 is 5.97. The van der Waals surface area contributed by atoms with Crippen molar-refractivity contribution in [2.24, 2.45) is 0 Å². The summed E-state index contributed by atoms with van der Waals surface area (Å²) in [5, 5.41) is 8.94. The molecule has 2 aromatic heterocycles. The first-order valence-corrected chi connectivity index (χ1v) is 11.9. The van der Waals surface area contributed by atoms with E-state index in [2.05, 4.69) is 41.1 Å². The van der Waals surface area contributed by atoms with E-state index in [1.807, 2.05) is 42.6 Å². The van der Waals surface area contributed by atoms with E-state index >= 15 is 0 Å². The molecule has 33 heavy (non-hydrogen) atoms. The zero-order valence-corrected chi connectivity index (χ0v) is 20.0. The maximum atomic E-state index is 13.0. The number of nitrogens with one attached hydrogen (secondary N) is 1. The van der Waals surface area contributed by atoms with E-state index in [9.17, 15) is 4.79 Å². The fourth-order valence-electron chi connectivity index (χ4n) is 4.48. The van der Waals surface area contributed by atoms with Crippen molar-refractivity contribution >= 4 is 29.0 Å². The smallest absolute Gasteiger partial charge is 0.279 e. The summed E-state index contributed by atoms with van der Waals surface area (Å²) in [5.74, 6) is 0.856. The van der Waals surface area contributed by atoms with Gasteiger partial charge in [-0.05, 0) is 63.1 Å². The normalized spacial score (nSPS) is 18.3. The average Bonchev–Trinajstić information content (AvgIpc) is 3.51. The molecule has 8 heteroatoms. The number of halogens is 1. The summed E-state index contributed by atoms with van der Waals surface area (Å²) < 4.78 is 1.73. The largest absolute Gasteiger partial charge is 0.355 e. The van der Waals surface area contributed by atoms with Crippen molar-refractivity contribution in [2.75, 3.05) is 22.9 Å². The molecule has 2 aliphatic heterocycles. The number of carbonyl (C=O) groups is 1. The average molecular weight is 465 g/mol. The van der Waals surface area contributed by atoms with Crippen LogP contribution in [-0.2, 0) is 6.54 Å². The number of carbonyl (C=O) groups excluding carboxylic acids is 1. The van der Waals surface area contributed by atoms with Crippen LogP contribution in [0.3, 0.4) is 0 Å². The van der Waals surface area contributed by atoms with Crippen LogP contribution in [0.5, 0.6) is 0 Å². The van der Waals surface area contributed by atoms with Crippen LogP contribution < -0.4 is 15.1 Å². The minimum absolute atomic E-state index is 0.0977. The Bertz CT molecular complexity index is 1150. The summed E-state index contributed by atoms with van der Waals surface area (Å²) in [4.78, 5) is 21.7. The van der Waals surface area contributed by atoms with Gasteiger partial charge in [-0.3, -0.25) is 4.79 Å². The van der Waals surface area contributed by atoms with E-state index < -0.39 is 0 Å². The molecule has 1 saturated heterocycles. The lowest BCUT2D eigenvalue weighted by molar-refractivity contribution is 0.0991. The molecule has 1 fully saturated rings. The summed E-state index contributed by atoms with van der Waals surface area (Å²) in [5.41, 5.74) is 3.21. The van der Waals surface area contributed by atoms with Crippen LogP contribution in [-0.4, -0.2) is 45.3 Å². The van der Waals surface area contributed by atoms with Gasteiger partial charge in [-0.2, -0.15) is 5.10 Å². The molecule has 0 bridgehead atoms. The van der Waals surface area contributed by atoms with E-state index in [-0.39, 0.29) is 11.4 Å². The Hall–Kier alpha value is -2.90. The number of hydrogen-bond donors (Lipinski definition) is 1. The van der Waals surface area contributed by atoms with Gasteiger partial charge in [0.2, 0.25) is 0 Å². The molecule has 0 aliphatic carbocycles. The molecule has 7 nitrogen and oxygen atoms in total. The molecule has 0 spiro atoms. The highest BCUT2D eigenvalue weighted by molar-refractivity contribution is 6.30. The first kappa shape index (κ1) is 21.9. The molecule has 2 aliphatic rings. The molecule has 1 N–H and O–H groups in total. The Morgan fingerprint density at radius 2 is 1.91 bits per heavy atom. The van der Waals surface area contributed by atoms with Crippen LogP contribution in [0.25, 0.3) is 5.69 Å². The van der Waals surface area contributed by atoms with Gasteiger partial charge in [0.05, 0.1) is 24.1 Å². The third-order valence-corrected chi connectivity index (χ3v) is 6.94. The van der Waals surface area contributed by atoms with Crippen molar-refractivity contribution in [3.8, 4) is 5.69 Å². The van der Waals surface area contributed by atoms with Crippen molar-refractivity contribution in [2.45, 2.75) is 51.7 Å². The number of anilines is 2. The van der Waals surface area contributed by atoms with Crippen LogP contribution in [0.4, 0.5) is 11.5 Å². The molecule has 1 aromatic carbocycles. The van der Waals surface area contributed by atoms with Crippen LogP contribution in [0.2, 0.25) is 5.02 Å². The Morgan fingerprint density at radius 3 is 2.58 bits per heavy atom. The number of hydrogen-bond acceptors (Lipinski definition) is 5. The van der Waals surface area contributed by atoms with Crippen LogP contribution >= 0.6 is 11.6 Å². The van der Waals surface area contributed by atoms with Gasteiger partial charge in [0.25, 0.3) is 5.91 Å². The summed E-state index contributed by atoms with van der Waals surface area (Å²) in [6.07, 6.45) is 5.91. The summed E-state index contributed by atoms with van der Waals surface area (Å²) in [6.45, 7) is 9.13. The molecular weight excluding hydrogens is 436 g/mol. The fourth-order valence-corrected chi connectivity index (χ4v) is 4.60. The minimum Gasteiger partial charge on any atom is -0.355 e. The highest BCUT2D eigenvalue weighted by Crippen LogP contribution is 2.30. The van der Waals surface area contributed by atoms with Gasteiger partial charge in [0.15, 0.2) is 5.69 Å². The fraction of sp³-hybridized carbons (Fsp3) is 0.400. The van der Waals surface area contributed by atoms with Crippen molar-refractivity contribution in [1.29, 1.82) is 0 Å². The maximum Gasteiger partial charge on any atom is 0.279 e. The minimum atomic E-state index is -0.0977. The standard InChI is InChI=1S/C25H29ClN6O/c1-4-25(2,3)28-19-11-12-30(16-19)22-10-9-21(13-27-22)31-14-17-15-32(29-23(17)24(31)33)20-7-5-18(26)6-8-20/h5-10,13,15,19,28H,4,11-12,14,16H2,1-3H3. The molecule has 0 saturated carbocycles. The van der Waals surface area contributed by atoms with Gasteiger partial charge in [0, 0.05) is 41.5 Å². The van der Waals surface area contributed by atoms with E-state index in [0.29, 0.717) is 23.3 Å². The van der Waals surface area contributed by atoms with E-state index in [4.69, 9.17) is 11.6 Å². The van der Waals surface area contributed by atoms with Crippen molar-refractivity contribution in [3.63, 3.8) is 0 Å². The van der Waals surface area contributed by atoms with Gasteiger partial charge in [-0.15, -0.1) is 0 Å². The Labute approximate surface area is 199 Å². The Kier molecular flexibility index (Phi) is 5.62. The SMILES string of the molecule is CCC(C)(C)NC1CCN(c2ccc(N3Cc4cn(-c5ccc(Cl)cc5)nc4C3=O)cn2)C1. The number of pyridine rings is 1. The van der Waals surface area contributed by atoms with Crippen LogP contribution in [0.15, 0.2) is 48.8 Å². The molecule has 1 atom stereocenters. The summed E-state index contributed by atoms with van der Waals surface area (Å²) in [6, 6.07) is 11.9. The Balaban J connectivity index is 1.25. The predicted octanol–water partition coefficient (Wildman–Crippen LogP) is 4.44. The van der Waals surface area contributed by atoms with E-state index in [1.165, 1.54) is 0 Å². The zero-order chi connectivity index (χ0) is 23.2. The second-order valence-corrected chi connectivity index (χ2v) is 9.94. The number of benzene rings is 1. The number of aromatic nitrogens is 3. The van der Waals surface area contributed by atoms with Gasteiger partial charge < -0.3 is 15.1 Å². The van der Waals surface area contributed by atoms with Crippen molar-refractivity contribution < 1.29 is 4.79 Å². The van der Waals surface area contributed by atoms with E-state index in [0.717, 1.165) is 48.7 Å². The second-order valence-electron chi connectivity index (χ2n) is 9.50. The quantitative estimate of drug-likeness (QED) is 0.584. The highest BCUT2D eigenvalue weighted by atomic mass is 35.5. The predicted molar refractivity (Wildman–Crippen MR) is 131 cm³/mol. The van der Waals surface area contributed by atoms with Crippen molar-refractivity contribution in [3.05, 3.63) is 65.1 Å². The molecule has 4 heterocycles. The maximum absolute atomic E-state index is 13.0. The molecule has 172 valence electrons. The first-order chi connectivity index (χ1) is 15.8. The molecule has 1 amide bonds. The Morgan fingerprint density at radius 1 is 1.15 bits per heavy atom. The van der Waals surface area contributed by atoms with Crippen LogP contribution in [0.1, 0.15) is 49.7 Å². The molecule has 5 rings (SSSR count). The topological polar surface area (TPSA) is 66.3 Å². The van der Waals surface area contributed by atoms with Crippen molar-refractivity contribution in [1.82, 2.24) is 20.1 Å². The molecule has 3 aromatic rings. The lowest BCUT2D eigenvalue weighted by Crippen LogP contribution is -2.46. The van der Waals surface area contributed by atoms with E-state index in [1.54, 1.807) is 15.8 Å². The summed E-state index contributed by atoms with van der Waals surface area (Å²) in [7, 11) is 0. The highest BCUT2D eigenvalue weighted by Gasteiger charge is 2.33. The van der Waals surface area contributed by atoms with Gasteiger partial charge in [-0.25, -0.2) is 9.67 Å². The monoisotopic (exact) mass is 464 g/mol. The third-order valence-electron chi connectivity index (χ3n) is 6.69.